The zero-order chi connectivity index (χ0) is 17.4. The van der Waals surface area contributed by atoms with E-state index in [-0.39, 0.29) is 17.9 Å². The predicted octanol–water partition coefficient (Wildman–Crippen LogP) is 2.31. The molecule has 2 saturated heterocycles. The molecule has 1 spiro atoms. The largest absolute Gasteiger partial charge is 0.444 e. The summed E-state index contributed by atoms with van der Waals surface area (Å²) in [4.78, 5) is 30.6. The molecule has 1 N–H and O–H groups in total. The SMILES string of the molecule is CC(C)(C)OC(=O)N1CCC2(CC1)C(=O)NCC2c1ccncc1. The van der Waals surface area contributed by atoms with Crippen LogP contribution in [0.25, 0.3) is 0 Å². The fourth-order valence-corrected chi connectivity index (χ4v) is 3.75. The fraction of sp³-hybridized carbons (Fsp3) is 0.611. The Morgan fingerprint density at radius 3 is 2.50 bits per heavy atom. The molecule has 0 bridgehead atoms. The van der Waals surface area contributed by atoms with Gasteiger partial charge < -0.3 is 15.0 Å². The van der Waals surface area contributed by atoms with Crippen molar-refractivity contribution in [2.24, 2.45) is 5.41 Å². The highest BCUT2D eigenvalue weighted by Gasteiger charge is 2.52. The van der Waals surface area contributed by atoms with E-state index in [1.165, 1.54) is 0 Å². The molecule has 0 radical (unpaired) electrons. The van der Waals surface area contributed by atoms with Crippen LogP contribution >= 0.6 is 0 Å². The van der Waals surface area contributed by atoms with Gasteiger partial charge in [-0.05, 0) is 51.3 Å². The average Bonchev–Trinajstić information content (AvgIpc) is 2.84. The Morgan fingerprint density at radius 2 is 1.92 bits per heavy atom. The first-order chi connectivity index (χ1) is 11.3. The van der Waals surface area contributed by atoms with Gasteiger partial charge in [-0.2, -0.15) is 0 Å². The first-order valence-corrected chi connectivity index (χ1v) is 8.48. The minimum Gasteiger partial charge on any atom is -0.444 e. The van der Waals surface area contributed by atoms with Crippen LogP contribution in [0.15, 0.2) is 24.5 Å². The van der Waals surface area contributed by atoms with Crippen LogP contribution in [0.2, 0.25) is 0 Å². The van der Waals surface area contributed by atoms with Gasteiger partial charge in [-0.15, -0.1) is 0 Å². The molecule has 2 fully saturated rings. The van der Waals surface area contributed by atoms with Crippen LogP contribution in [0.4, 0.5) is 4.79 Å². The number of ether oxygens (including phenoxy) is 1. The summed E-state index contributed by atoms with van der Waals surface area (Å²) in [5.74, 6) is 0.238. The molecule has 3 heterocycles. The topological polar surface area (TPSA) is 71.5 Å². The standard InChI is InChI=1S/C18H25N3O3/c1-17(2,3)24-16(23)21-10-6-18(7-11-21)14(12-20-15(18)22)13-4-8-19-9-5-13/h4-5,8-9,14H,6-7,10-12H2,1-3H3,(H,20,22). The monoisotopic (exact) mass is 331 g/mol. The molecule has 0 aliphatic carbocycles. The number of likely N-dealkylation sites (tertiary alicyclic amines) is 1. The summed E-state index contributed by atoms with van der Waals surface area (Å²) >= 11 is 0. The zero-order valence-corrected chi connectivity index (χ0v) is 14.5. The highest BCUT2D eigenvalue weighted by atomic mass is 16.6. The van der Waals surface area contributed by atoms with Crippen LogP contribution in [0.5, 0.6) is 0 Å². The molecule has 1 atom stereocenters. The molecule has 2 aliphatic heterocycles. The molecule has 130 valence electrons. The molecular weight excluding hydrogens is 306 g/mol. The molecule has 2 aliphatic rings. The second-order valence-electron chi connectivity index (χ2n) is 7.67. The van der Waals surface area contributed by atoms with Gasteiger partial charge in [0.05, 0.1) is 5.41 Å². The number of hydrogen-bond donors (Lipinski definition) is 1. The lowest BCUT2D eigenvalue weighted by atomic mass is 9.68. The van der Waals surface area contributed by atoms with Gasteiger partial charge in [0, 0.05) is 37.9 Å². The second kappa shape index (κ2) is 6.07. The molecule has 3 rings (SSSR count). The first-order valence-electron chi connectivity index (χ1n) is 8.48. The Morgan fingerprint density at radius 1 is 1.29 bits per heavy atom. The summed E-state index contributed by atoms with van der Waals surface area (Å²) in [5, 5.41) is 3.02. The van der Waals surface area contributed by atoms with E-state index in [0.717, 1.165) is 5.56 Å². The highest BCUT2D eigenvalue weighted by molar-refractivity contribution is 5.87. The lowest BCUT2D eigenvalue weighted by molar-refractivity contribution is -0.130. The van der Waals surface area contributed by atoms with Crippen molar-refractivity contribution in [2.75, 3.05) is 19.6 Å². The van der Waals surface area contributed by atoms with Crippen LogP contribution in [-0.4, -0.2) is 47.1 Å². The summed E-state index contributed by atoms with van der Waals surface area (Å²) in [6.45, 7) is 7.32. The van der Waals surface area contributed by atoms with E-state index >= 15 is 0 Å². The average molecular weight is 331 g/mol. The van der Waals surface area contributed by atoms with Gasteiger partial charge in [0.2, 0.25) is 5.91 Å². The molecular formula is C18H25N3O3. The summed E-state index contributed by atoms with van der Waals surface area (Å²) in [6.07, 6.45) is 4.55. The minimum atomic E-state index is -0.503. The Labute approximate surface area is 142 Å². The van der Waals surface area contributed by atoms with Crippen LogP contribution in [0.3, 0.4) is 0 Å². The molecule has 1 aromatic heterocycles. The number of carbonyl (C=O) groups excluding carboxylic acids is 2. The third kappa shape index (κ3) is 3.09. The number of nitrogens with zero attached hydrogens (tertiary/aromatic N) is 2. The number of pyridine rings is 1. The molecule has 24 heavy (non-hydrogen) atoms. The maximum absolute atomic E-state index is 12.6. The van der Waals surface area contributed by atoms with Gasteiger partial charge in [0.1, 0.15) is 5.60 Å². The smallest absolute Gasteiger partial charge is 0.410 e. The Balaban J connectivity index is 1.73. The van der Waals surface area contributed by atoms with E-state index in [1.54, 1.807) is 17.3 Å². The van der Waals surface area contributed by atoms with Crippen LogP contribution in [0, 0.1) is 5.41 Å². The normalized spacial score (nSPS) is 23.2. The minimum absolute atomic E-state index is 0.105. The van der Waals surface area contributed by atoms with Gasteiger partial charge in [0.15, 0.2) is 0 Å². The molecule has 0 saturated carbocycles. The van der Waals surface area contributed by atoms with Crippen molar-refractivity contribution >= 4 is 12.0 Å². The first kappa shape index (κ1) is 16.7. The van der Waals surface area contributed by atoms with Gasteiger partial charge in [-0.1, -0.05) is 0 Å². The highest BCUT2D eigenvalue weighted by Crippen LogP contribution is 2.47. The van der Waals surface area contributed by atoms with E-state index in [4.69, 9.17) is 4.74 Å². The molecule has 1 unspecified atom stereocenters. The van der Waals surface area contributed by atoms with Crippen molar-refractivity contribution in [2.45, 2.75) is 45.1 Å². The molecule has 0 aromatic carbocycles. The zero-order valence-electron chi connectivity index (χ0n) is 14.5. The number of nitrogens with one attached hydrogen (secondary N) is 1. The van der Waals surface area contributed by atoms with Crippen molar-refractivity contribution in [3.05, 3.63) is 30.1 Å². The quantitative estimate of drug-likeness (QED) is 0.857. The summed E-state index contributed by atoms with van der Waals surface area (Å²) < 4.78 is 5.44. The van der Waals surface area contributed by atoms with Crippen molar-refractivity contribution in [3.8, 4) is 0 Å². The predicted molar refractivity (Wildman–Crippen MR) is 89.5 cm³/mol. The maximum Gasteiger partial charge on any atom is 0.410 e. The van der Waals surface area contributed by atoms with Crippen molar-refractivity contribution < 1.29 is 14.3 Å². The molecule has 6 nitrogen and oxygen atoms in total. The van der Waals surface area contributed by atoms with Crippen LogP contribution in [0.1, 0.15) is 45.1 Å². The van der Waals surface area contributed by atoms with E-state index < -0.39 is 11.0 Å². The number of amides is 2. The van der Waals surface area contributed by atoms with Crippen molar-refractivity contribution in [3.63, 3.8) is 0 Å². The van der Waals surface area contributed by atoms with Crippen molar-refractivity contribution in [1.29, 1.82) is 0 Å². The lowest BCUT2D eigenvalue weighted by Crippen LogP contribution is -2.49. The van der Waals surface area contributed by atoms with E-state index in [9.17, 15) is 9.59 Å². The summed E-state index contributed by atoms with van der Waals surface area (Å²) in [6, 6.07) is 3.96. The Hall–Kier alpha value is -2.11. The van der Waals surface area contributed by atoms with Gasteiger partial charge in [-0.3, -0.25) is 9.78 Å². The van der Waals surface area contributed by atoms with E-state index in [1.807, 2.05) is 32.9 Å². The molecule has 2 amide bonds. The number of piperidine rings is 1. The summed E-state index contributed by atoms with van der Waals surface area (Å²) in [7, 11) is 0. The molecule has 6 heteroatoms. The number of rotatable bonds is 1. The van der Waals surface area contributed by atoms with Crippen LogP contribution in [-0.2, 0) is 9.53 Å². The molecule has 1 aromatic rings. The number of hydrogen-bond acceptors (Lipinski definition) is 4. The second-order valence-corrected chi connectivity index (χ2v) is 7.67. The summed E-state index contributed by atoms with van der Waals surface area (Å²) in [5.41, 5.74) is 0.199. The Bertz CT molecular complexity index is 616. The lowest BCUT2D eigenvalue weighted by Gasteiger charge is -2.41. The fourth-order valence-electron chi connectivity index (χ4n) is 3.75. The third-order valence-electron chi connectivity index (χ3n) is 5.00. The van der Waals surface area contributed by atoms with E-state index in [0.29, 0.717) is 32.5 Å². The van der Waals surface area contributed by atoms with Gasteiger partial charge in [-0.25, -0.2) is 4.79 Å². The van der Waals surface area contributed by atoms with E-state index in [2.05, 4.69) is 10.3 Å². The Kier molecular flexibility index (Phi) is 4.24. The van der Waals surface area contributed by atoms with Crippen LogP contribution < -0.4 is 5.32 Å². The third-order valence-corrected chi connectivity index (χ3v) is 5.00. The van der Waals surface area contributed by atoms with Crippen molar-refractivity contribution in [1.82, 2.24) is 15.2 Å². The maximum atomic E-state index is 12.6. The number of aromatic nitrogens is 1. The van der Waals surface area contributed by atoms with Gasteiger partial charge >= 0.3 is 6.09 Å². The van der Waals surface area contributed by atoms with Gasteiger partial charge in [0.25, 0.3) is 0 Å². The number of carbonyl (C=O) groups is 2.